The van der Waals surface area contributed by atoms with Gasteiger partial charge < -0.3 is 20.8 Å². The van der Waals surface area contributed by atoms with Crippen LogP contribution in [0.25, 0.3) is 11.0 Å². The third-order valence-corrected chi connectivity index (χ3v) is 5.12. The summed E-state index contributed by atoms with van der Waals surface area (Å²) < 4.78 is 5.97. The number of carbonyl (C=O) groups is 1. The van der Waals surface area contributed by atoms with Crippen LogP contribution >= 0.6 is 0 Å². The van der Waals surface area contributed by atoms with Crippen LogP contribution in [-0.4, -0.2) is 21.9 Å². The van der Waals surface area contributed by atoms with Crippen molar-refractivity contribution in [2.24, 2.45) is 5.73 Å². The maximum Gasteiger partial charge on any atom is 0.241 e. The first-order valence-electron chi connectivity index (χ1n) is 9.46. The zero-order chi connectivity index (χ0) is 18.6. The van der Waals surface area contributed by atoms with Crippen molar-refractivity contribution in [1.29, 1.82) is 0 Å². The Balaban J connectivity index is 1.42. The van der Waals surface area contributed by atoms with Gasteiger partial charge in [-0.3, -0.25) is 4.79 Å². The molecule has 1 aliphatic rings. The summed E-state index contributed by atoms with van der Waals surface area (Å²) in [5, 5.41) is 4.00. The van der Waals surface area contributed by atoms with Crippen LogP contribution in [-0.2, 0) is 4.79 Å². The van der Waals surface area contributed by atoms with Gasteiger partial charge in [-0.2, -0.15) is 0 Å². The summed E-state index contributed by atoms with van der Waals surface area (Å²) in [6.07, 6.45) is 9.24. The number of hydrogen-bond donors (Lipinski definition) is 3. The number of nitrogens with one attached hydrogen (secondary N) is 2. The predicted octanol–water partition coefficient (Wildman–Crippen LogP) is 3.80. The molecule has 1 unspecified atom stereocenters. The number of aromatic nitrogens is 2. The van der Waals surface area contributed by atoms with Gasteiger partial charge in [-0.1, -0.05) is 31.4 Å². The molecule has 140 valence electrons. The van der Waals surface area contributed by atoms with E-state index in [4.69, 9.17) is 10.5 Å². The molecule has 0 radical (unpaired) electrons. The first-order valence-corrected chi connectivity index (χ1v) is 9.46. The summed E-state index contributed by atoms with van der Waals surface area (Å²) in [6, 6.07) is 10.7. The number of H-pyrrole nitrogens is 1. The molecule has 0 aliphatic heterocycles. The summed E-state index contributed by atoms with van der Waals surface area (Å²) in [4.78, 5) is 19.7. The molecular weight excluding hydrogens is 340 g/mol. The van der Waals surface area contributed by atoms with Crippen molar-refractivity contribution in [2.75, 3.05) is 0 Å². The van der Waals surface area contributed by atoms with Gasteiger partial charge in [-0.15, -0.1) is 0 Å². The van der Waals surface area contributed by atoms with E-state index >= 15 is 0 Å². The van der Waals surface area contributed by atoms with Crippen LogP contribution in [0.1, 0.15) is 43.7 Å². The molecule has 4 N–H and O–H groups in total. The largest absolute Gasteiger partial charge is 0.457 e. The molecule has 4 rings (SSSR count). The third kappa shape index (κ3) is 3.95. The molecule has 0 spiro atoms. The van der Waals surface area contributed by atoms with Crippen LogP contribution in [0.4, 0.5) is 0 Å². The van der Waals surface area contributed by atoms with Crippen molar-refractivity contribution >= 4 is 16.9 Å². The highest BCUT2D eigenvalue weighted by atomic mass is 16.5. The van der Waals surface area contributed by atoms with Gasteiger partial charge >= 0.3 is 0 Å². The minimum absolute atomic E-state index is 0.112. The second-order valence-electron chi connectivity index (χ2n) is 7.04. The monoisotopic (exact) mass is 364 g/mol. The second-order valence-corrected chi connectivity index (χ2v) is 7.04. The summed E-state index contributed by atoms with van der Waals surface area (Å²) >= 11 is 0. The fourth-order valence-electron chi connectivity index (χ4n) is 3.58. The smallest absolute Gasteiger partial charge is 0.241 e. The average molecular weight is 364 g/mol. The van der Waals surface area contributed by atoms with Crippen molar-refractivity contribution < 1.29 is 9.53 Å². The summed E-state index contributed by atoms with van der Waals surface area (Å²) in [7, 11) is 0. The zero-order valence-corrected chi connectivity index (χ0v) is 15.2. The number of fused-ring (bicyclic) bond motifs is 1. The third-order valence-electron chi connectivity index (χ3n) is 5.12. The minimum atomic E-state index is -0.668. The molecule has 0 saturated heterocycles. The van der Waals surface area contributed by atoms with Gasteiger partial charge in [0.05, 0.1) is 5.39 Å². The lowest BCUT2D eigenvalue weighted by atomic mass is 9.95. The highest BCUT2D eigenvalue weighted by Crippen LogP contribution is 2.29. The molecule has 27 heavy (non-hydrogen) atoms. The van der Waals surface area contributed by atoms with Gasteiger partial charge in [0.25, 0.3) is 0 Å². The summed E-state index contributed by atoms with van der Waals surface area (Å²) in [6.45, 7) is 0. The number of pyridine rings is 1. The van der Waals surface area contributed by atoms with E-state index in [9.17, 15) is 4.79 Å². The lowest BCUT2D eigenvalue weighted by Crippen LogP contribution is -2.41. The number of aromatic amines is 1. The molecule has 2 heterocycles. The standard InChI is InChI=1S/C21H24N4O2/c22-19(21(26)25-15-4-2-1-3-5-15)14-6-8-16(9-7-14)27-18-11-13-24-20-17(18)10-12-23-20/h6-13,15,19H,1-5,22H2,(H,23,24)(H,25,26). The SMILES string of the molecule is NC(C(=O)NC1CCCCC1)c1ccc(Oc2ccnc3[nH]ccc23)cc1. The van der Waals surface area contributed by atoms with Crippen LogP contribution < -0.4 is 15.8 Å². The first-order chi connectivity index (χ1) is 13.2. The van der Waals surface area contributed by atoms with Crippen LogP contribution in [0.5, 0.6) is 11.5 Å². The Morgan fingerprint density at radius 3 is 2.70 bits per heavy atom. The fraction of sp³-hybridized carbons (Fsp3) is 0.333. The molecule has 2 aromatic heterocycles. The van der Waals surface area contributed by atoms with Crippen molar-refractivity contribution in [2.45, 2.75) is 44.2 Å². The van der Waals surface area contributed by atoms with Gasteiger partial charge in [0, 0.05) is 18.4 Å². The number of hydrogen-bond acceptors (Lipinski definition) is 4. The topological polar surface area (TPSA) is 93.0 Å². The van der Waals surface area contributed by atoms with Crippen LogP contribution in [0, 0.1) is 0 Å². The van der Waals surface area contributed by atoms with Gasteiger partial charge in [-0.25, -0.2) is 4.98 Å². The van der Waals surface area contributed by atoms with E-state index in [0.717, 1.165) is 35.2 Å². The highest BCUT2D eigenvalue weighted by molar-refractivity contribution is 5.83. The number of rotatable bonds is 5. The lowest BCUT2D eigenvalue weighted by Gasteiger charge is -2.24. The normalized spacial score (nSPS) is 16.2. The molecule has 1 amide bonds. The Hall–Kier alpha value is -2.86. The van der Waals surface area contributed by atoms with Crippen molar-refractivity contribution in [3.05, 3.63) is 54.4 Å². The Labute approximate surface area is 158 Å². The van der Waals surface area contributed by atoms with Gasteiger partial charge in [-0.05, 0) is 42.7 Å². The van der Waals surface area contributed by atoms with E-state index < -0.39 is 6.04 Å². The molecular formula is C21H24N4O2. The fourth-order valence-corrected chi connectivity index (χ4v) is 3.58. The molecule has 1 aromatic carbocycles. The number of nitrogens with two attached hydrogens (primary N) is 1. The maximum absolute atomic E-state index is 12.4. The van der Waals surface area contributed by atoms with Crippen LogP contribution in [0.15, 0.2) is 48.8 Å². The Morgan fingerprint density at radius 1 is 1.15 bits per heavy atom. The van der Waals surface area contributed by atoms with Crippen molar-refractivity contribution in [3.8, 4) is 11.5 Å². The van der Waals surface area contributed by atoms with Gasteiger partial charge in [0.2, 0.25) is 5.91 Å². The predicted molar refractivity (Wildman–Crippen MR) is 105 cm³/mol. The number of nitrogens with zero attached hydrogens (tertiary/aromatic N) is 1. The maximum atomic E-state index is 12.4. The zero-order valence-electron chi connectivity index (χ0n) is 15.2. The quantitative estimate of drug-likeness (QED) is 0.642. The van der Waals surface area contributed by atoms with E-state index in [2.05, 4.69) is 15.3 Å². The molecule has 1 atom stereocenters. The number of carbonyl (C=O) groups excluding carboxylic acids is 1. The molecule has 1 aliphatic carbocycles. The van der Waals surface area contributed by atoms with Crippen molar-refractivity contribution in [3.63, 3.8) is 0 Å². The molecule has 6 nitrogen and oxygen atoms in total. The molecule has 6 heteroatoms. The Morgan fingerprint density at radius 2 is 1.93 bits per heavy atom. The molecule has 1 fully saturated rings. The molecule has 1 saturated carbocycles. The minimum Gasteiger partial charge on any atom is -0.457 e. The molecule has 0 bridgehead atoms. The van der Waals surface area contributed by atoms with E-state index in [-0.39, 0.29) is 11.9 Å². The number of amides is 1. The summed E-state index contributed by atoms with van der Waals surface area (Å²) in [5.74, 6) is 1.31. The summed E-state index contributed by atoms with van der Waals surface area (Å²) in [5.41, 5.74) is 7.71. The molecule has 3 aromatic rings. The van der Waals surface area contributed by atoms with E-state index in [1.165, 1.54) is 19.3 Å². The second kappa shape index (κ2) is 7.80. The van der Waals surface area contributed by atoms with E-state index in [1.54, 1.807) is 6.20 Å². The first kappa shape index (κ1) is 17.5. The van der Waals surface area contributed by atoms with Gasteiger partial charge in [0.1, 0.15) is 23.2 Å². The van der Waals surface area contributed by atoms with E-state index in [0.29, 0.717) is 5.75 Å². The van der Waals surface area contributed by atoms with Gasteiger partial charge in [0.15, 0.2) is 0 Å². The van der Waals surface area contributed by atoms with Crippen molar-refractivity contribution in [1.82, 2.24) is 15.3 Å². The number of benzene rings is 1. The Bertz CT molecular complexity index is 913. The number of ether oxygens (including phenoxy) is 1. The highest BCUT2D eigenvalue weighted by Gasteiger charge is 2.21. The van der Waals surface area contributed by atoms with Crippen LogP contribution in [0.2, 0.25) is 0 Å². The lowest BCUT2D eigenvalue weighted by molar-refractivity contribution is -0.123. The van der Waals surface area contributed by atoms with E-state index in [1.807, 2.05) is 42.6 Å². The average Bonchev–Trinajstić information content (AvgIpc) is 3.19. The van der Waals surface area contributed by atoms with Crippen LogP contribution in [0.3, 0.4) is 0 Å². The Kier molecular flexibility index (Phi) is 5.07.